The summed E-state index contributed by atoms with van der Waals surface area (Å²) in [6.45, 7) is 3.70. The van der Waals surface area contributed by atoms with Gasteiger partial charge in [0, 0.05) is 19.2 Å². The quantitative estimate of drug-likeness (QED) is 0.820. The molecular formula is C17H19NO5. The van der Waals surface area contributed by atoms with Crippen LogP contribution < -0.4 is 5.43 Å². The van der Waals surface area contributed by atoms with Crippen molar-refractivity contribution >= 4 is 16.9 Å². The molecule has 2 aromatic rings. The molecule has 1 aromatic heterocycles. The van der Waals surface area contributed by atoms with Crippen molar-refractivity contribution in [1.29, 1.82) is 0 Å². The molecule has 6 heteroatoms. The number of aliphatic hydroxyl groups excluding tert-OH is 1. The molecule has 2 heterocycles. The van der Waals surface area contributed by atoms with Gasteiger partial charge in [0.2, 0.25) is 0 Å². The average molecular weight is 317 g/mol. The maximum Gasteiger partial charge on any atom is 0.289 e. The van der Waals surface area contributed by atoms with Crippen LogP contribution in [0.2, 0.25) is 0 Å². The van der Waals surface area contributed by atoms with Crippen LogP contribution in [0.5, 0.6) is 0 Å². The molecule has 23 heavy (non-hydrogen) atoms. The van der Waals surface area contributed by atoms with E-state index in [2.05, 4.69) is 0 Å². The SMILES string of the molecule is Cc1ccc2c(=O)cc(C(=O)N3CC[C@@](C)(O)[C@H](O)C3)oc2c1. The third-order valence-corrected chi connectivity index (χ3v) is 4.38. The van der Waals surface area contributed by atoms with E-state index in [0.717, 1.165) is 5.56 Å². The number of rotatable bonds is 1. The number of hydrogen-bond acceptors (Lipinski definition) is 5. The van der Waals surface area contributed by atoms with Crippen molar-refractivity contribution in [3.05, 3.63) is 45.8 Å². The summed E-state index contributed by atoms with van der Waals surface area (Å²) < 4.78 is 5.59. The number of amides is 1. The second-order valence-corrected chi connectivity index (χ2v) is 6.35. The van der Waals surface area contributed by atoms with Crippen molar-refractivity contribution in [3.63, 3.8) is 0 Å². The molecule has 1 aliphatic heterocycles. The summed E-state index contributed by atoms with van der Waals surface area (Å²) in [7, 11) is 0. The molecule has 1 fully saturated rings. The smallest absolute Gasteiger partial charge is 0.289 e. The molecule has 1 saturated heterocycles. The van der Waals surface area contributed by atoms with Crippen molar-refractivity contribution in [1.82, 2.24) is 4.90 Å². The summed E-state index contributed by atoms with van der Waals surface area (Å²) in [4.78, 5) is 26.1. The zero-order valence-corrected chi connectivity index (χ0v) is 13.1. The maximum absolute atomic E-state index is 12.5. The monoisotopic (exact) mass is 317 g/mol. The number of piperidine rings is 1. The predicted octanol–water partition coefficient (Wildman–Crippen LogP) is 1.06. The van der Waals surface area contributed by atoms with Crippen molar-refractivity contribution in [3.8, 4) is 0 Å². The lowest BCUT2D eigenvalue weighted by Gasteiger charge is -2.39. The predicted molar refractivity (Wildman–Crippen MR) is 84.4 cm³/mol. The van der Waals surface area contributed by atoms with E-state index in [1.165, 1.54) is 11.0 Å². The Kier molecular flexibility index (Phi) is 3.74. The second-order valence-electron chi connectivity index (χ2n) is 6.35. The minimum Gasteiger partial charge on any atom is -0.451 e. The first-order valence-corrected chi connectivity index (χ1v) is 7.52. The lowest BCUT2D eigenvalue weighted by molar-refractivity contribution is -0.100. The molecule has 0 radical (unpaired) electrons. The third-order valence-electron chi connectivity index (χ3n) is 4.38. The van der Waals surface area contributed by atoms with Gasteiger partial charge in [-0.2, -0.15) is 0 Å². The standard InChI is InChI=1S/C17H19NO5/c1-10-3-4-11-12(19)8-14(23-13(11)7-10)16(21)18-6-5-17(2,22)15(20)9-18/h3-4,7-8,15,20,22H,5-6,9H2,1-2H3/t15-,17-/m1/s1. The molecule has 0 spiro atoms. The number of hydrogen-bond donors (Lipinski definition) is 2. The van der Waals surface area contributed by atoms with E-state index in [-0.39, 0.29) is 24.2 Å². The Morgan fingerprint density at radius 2 is 2.13 bits per heavy atom. The van der Waals surface area contributed by atoms with E-state index >= 15 is 0 Å². The first-order valence-electron chi connectivity index (χ1n) is 7.52. The Morgan fingerprint density at radius 3 is 2.83 bits per heavy atom. The van der Waals surface area contributed by atoms with Gasteiger partial charge in [-0.3, -0.25) is 9.59 Å². The Balaban J connectivity index is 1.94. The molecule has 2 N–H and O–H groups in total. The number of carbonyl (C=O) groups is 1. The van der Waals surface area contributed by atoms with Gasteiger partial charge in [0.1, 0.15) is 5.58 Å². The number of likely N-dealkylation sites (tertiary alicyclic amines) is 1. The second kappa shape index (κ2) is 5.47. The number of benzene rings is 1. The molecule has 6 nitrogen and oxygen atoms in total. The summed E-state index contributed by atoms with van der Waals surface area (Å²) in [6, 6.07) is 6.37. The van der Waals surface area contributed by atoms with Crippen LogP contribution in [0.4, 0.5) is 0 Å². The van der Waals surface area contributed by atoms with Crippen LogP contribution in [-0.2, 0) is 0 Å². The first-order chi connectivity index (χ1) is 10.8. The molecule has 1 aliphatic rings. The maximum atomic E-state index is 12.5. The highest BCUT2D eigenvalue weighted by atomic mass is 16.4. The highest BCUT2D eigenvalue weighted by Gasteiger charge is 2.38. The topological polar surface area (TPSA) is 91.0 Å². The van der Waals surface area contributed by atoms with Gasteiger partial charge in [-0.25, -0.2) is 0 Å². The fraction of sp³-hybridized carbons (Fsp3) is 0.412. The van der Waals surface area contributed by atoms with Crippen LogP contribution in [0.1, 0.15) is 29.5 Å². The summed E-state index contributed by atoms with van der Waals surface area (Å²) >= 11 is 0. The van der Waals surface area contributed by atoms with Gasteiger partial charge in [0.25, 0.3) is 5.91 Å². The molecule has 0 unspecified atom stereocenters. The summed E-state index contributed by atoms with van der Waals surface area (Å²) in [6.07, 6.45) is -0.772. The summed E-state index contributed by atoms with van der Waals surface area (Å²) in [5.74, 6) is -0.512. The van der Waals surface area contributed by atoms with Gasteiger partial charge in [0.05, 0.1) is 17.1 Å². The summed E-state index contributed by atoms with van der Waals surface area (Å²) in [5, 5.41) is 20.3. The highest BCUT2D eigenvalue weighted by molar-refractivity contribution is 5.93. The van der Waals surface area contributed by atoms with Gasteiger partial charge >= 0.3 is 0 Å². The number of nitrogens with zero attached hydrogens (tertiary/aromatic N) is 1. The minimum absolute atomic E-state index is 0.00139. The van der Waals surface area contributed by atoms with Crippen molar-refractivity contribution in [2.75, 3.05) is 13.1 Å². The molecule has 3 rings (SSSR count). The number of carbonyl (C=O) groups excluding carboxylic acids is 1. The van der Waals surface area contributed by atoms with Gasteiger partial charge in [-0.15, -0.1) is 0 Å². The number of β-amino-alcohol motifs (C(OH)–C–C–N with tert-alkyl or cyclic N) is 1. The van der Waals surface area contributed by atoms with Crippen molar-refractivity contribution < 1.29 is 19.4 Å². The number of aliphatic hydroxyl groups is 2. The molecule has 122 valence electrons. The molecule has 2 atom stereocenters. The van der Waals surface area contributed by atoms with Gasteiger partial charge in [-0.1, -0.05) is 6.07 Å². The van der Waals surface area contributed by atoms with Gasteiger partial charge in [-0.05, 0) is 38.0 Å². The Labute approximate surface area is 133 Å². The van der Waals surface area contributed by atoms with E-state index < -0.39 is 17.6 Å². The van der Waals surface area contributed by atoms with Crippen LogP contribution in [-0.4, -0.2) is 45.8 Å². The molecule has 1 amide bonds. The molecule has 1 aromatic carbocycles. The molecule has 0 saturated carbocycles. The zero-order valence-electron chi connectivity index (χ0n) is 13.1. The van der Waals surface area contributed by atoms with Crippen molar-refractivity contribution in [2.45, 2.75) is 32.0 Å². The lowest BCUT2D eigenvalue weighted by Crippen LogP contribution is -2.55. The normalized spacial score (nSPS) is 24.9. The third kappa shape index (κ3) is 2.87. The highest BCUT2D eigenvalue weighted by Crippen LogP contribution is 2.23. The van der Waals surface area contributed by atoms with E-state index in [9.17, 15) is 19.8 Å². The Bertz CT molecular complexity index is 823. The summed E-state index contributed by atoms with van der Waals surface area (Å²) in [5.41, 5.74) is -0.197. The van der Waals surface area contributed by atoms with Crippen LogP contribution >= 0.6 is 0 Å². The fourth-order valence-electron chi connectivity index (χ4n) is 2.73. The van der Waals surface area contributed by atoms with Crippen LogP contribution in [0, 0.1) is 6.92 Å². The zero-order chi connectivity index (χ0) is 16.8. The van der Waals surface area contributed by atoms with Crippen LogP contribution in [0.3, 0.4) is 0 Å². The van der Waals surface area contributed by atoms with Crippen LogP contribution in [0.15, 0.2) is 33.5 Å². The Morgan fingerprint density at radius 1 is 1.39 bits per heavy atom. The molecular weight excluding hydrogens is 298 g/mol. The van der Waals surface area contributed by atoms with E-state index in [0.29, 0.717) is 17.5 Å². The van der Waals surface area contributed by atoms with E-state index in [4.69, 9.17) is 4.42 Å². The minimum atomic E-state index is -1.21. The lowest BCUT2D eigenvalue weighted by atomic mass is 9.90. The van der Waals surface area contributed by atoms with Crippen LogP contribution in [0.25, 0.3) is 11.0 Å². The average Bonchev–Trinajstić information content (AvgIpc) is 2.48. The number of fused-ring (bicyclic) bond motifs is 1. The van der Waals surface area contributed by atoms with E-state index in [1.54, 1.807) is 19.1 Å². The Hall–Kier alpha value is -2.18. The molecule has 0 bridgehead atoms. The molecule has 0 aliphatic carbocycles. The largest absolute Gasteiger partial charge is 0.451 e. The van der Waals surface area contributed by atoms with Gasteiger partial charge in [0.15, 0.2) is 11.2 Å². The van der Waals surface area contributed by atoms with E-state index in [1.807, 2.05) is 13.0 Å². The fourth-order valence-corrected chi connectivity index (χ4v) is 2.73. The first kappa shape index (κ1) is 15.7. The van der Waals surface area contributed by atoms with Crippen molar-refractivity contribution in [2.24, 2.45) is 0 Å². The van der Waals surface area contributed by atoms with Gasteiger partial charge < -0.3 is 19.5 Å². The number of aryl methyl sites for hydroxylation is 1.